The quantitative estimate of drug-likeness (QED) is 0.358. The molecule has 0 unspecified atom stereocenters. The van der Waals surface area contributed by atoms with Gasteiger partial charge in [-0.3, -0.25) is 24.7 Å². The molecule has 0 bridgehead atoms. The van der Waals surface area contributed by atoms with Crippen LogP contribution in [0.3, 0.4) is 0 Å². The van der Waals surface area contributed by atoms with Crippen LogP contribution in [0.25, 0.3) is 11.2 Å². The lowest BCUT2D eigenvalue weighted by molar-refractivity contribution is 0.824. The Morgan fingerprint density at radius 2 is 1.31 bits per heavy atom. The smallest absolute Gasteiger partial charge is 0.327 e. The highest BCUT2D eigenvalue weighted by Gasteiger charge is 2.02. The highest BCUT2D eigenvalue weighted by atomic mass is 16.2. The summed E-state index contributed by atoms with van der Waals surface area (Å²) < 4.78 is 0. The van der Waals surface area contributed by atoms with Crippen molar-refractivity contribution >= 4 is 11.2 Å². The number of imidazole rings is 1. The van der Waals surface area contributed by atoms with Gasteiger partial charge in [0.1, 0.15) is 11.2 Å². The van der Waals surface area contributed by atoms with Crippen LogP contribution in [0.15, 0.2) is 14.4 Å². The van der Waals surface area contributed by atoms with Gasteiger partial charge in [-0.15, -0.1) is 0 Å². The first-order chi connectivity index (χ1) is 5.66. The Kier molecular flexibility index (Phi) is 1.91. The van der Waals surface area contributed by atoms with Crippen molar-refractivity contribution in [1.82, 2.24) is 19.9 Å². The van der Waals surface area contributed by atoms with Crippen molar-refractivity contribution < 1.29 is 5.48 Å². The van der Waals surface area contributed by atoms with Gasteiger partial charge in [-0.25, -0.2) is 9.59 Å². The Hall–Kier alpha value is -2.09. The molecule has 2 heterocycles. The molecule has 8 heteroatoms. The fraction of sp³-hybridized carbons (Fsp3) is 0. The predicted molar refractivity (Wildman–Crippen MR) is 43.8 cm³/mol. The minimum atomic E-state index is -0.650. The van der Waals surface area contributed by atoms with Crippen molar-refractivity contribution in [2.45, 2.75) is 0 Å². The Balaban J connectivity index is 0.000000845. The molecule has 13 heavy (non-hydrogen) atoms. The molecular weight excluding hydrogens is 180 g/mol. The zero-order valence-electron chi connectivity index (χ0n) is 6.22. The minimum Gasteiger partial charge on any atom is -0.412 e. The summed E-state index contributed by atoms with van der Waals surface area (Å²) in [5.41, 5.74) is -1.65. The summed E-state index contributed by atoms with van der Waals surface area (Å²) in [5.74, 6) is 0. The van der Waals surface area contributed by atoms with Gasteiger partial charge in [-0.05, 0) is 0 Å². The molecule has 2 aromatic heterocycles. The van der Waals surface area contributed by atoms with E-state index < -0.39 is 16.9 Å². The van der Waals surface area contributed by atoms with Gasteiger partial charge in [0, 0.05) is 0 Å². The van der Waals surface area contributed by atoms with E-state index in [9.17, 15) is 14.4 Å². The Morgan fingerprint density at radius 1 is 0.769 bits per heavy atom. The summed E-state index contributed by atoms with van der Waals surface area (Å²) in [6.45, 7) is 0. The van der Waals surface area contributed by atoms with E-state index in [2.05, 4.69) is 15.0 Å². The summed E-state index contributed by atoms with van der Waals surface area (Å²) in [6.07, 6.45) is 0. The average molecular weight is 186 g/mol. The summed E-state index contributed by atoms with van der Waals surface area (Å²) in [5, 5.41) is 0. The van der Waals surface area contributed by atoms with E-state index in [1.165, 1.54) is 0 Å². The van der Waals surface area contributed by atoms with Crippen LogP contribution in [0.4, 0.5) is 0 Å². The molecule has 6 N–H and O–H groups in total. The fourth-order valence-electron chi connectivity index (χ4n) is 0.958. The topological polar surface area (TPSA) is 146 Å². The van der Waals surface area contributed by atoms with Crippen molar-refractivity contribution in [3.8, 4) is 0 Å². The zero-order valence-corrected chi connectivity index (χ0v) is 6.22. The predicted octanol–water partition coefficient (Wildman–Crippen LogP) is -2.59. The van der Waals surface area contributed by atoms with E-state index in [0.717, 1.165) is 0 Å². The van der Waals surface area contributed by atoms with Crippen LogP contribution < -0.4 is 16.9 Å². The van der Waals surface area contributed by atoms with Gasteiger partial charge in [-0.2, -0.15) is 0 Å². The highest BCUT2D eigenvalue weighted by Crippen LogP contribution is 1.88. The van der Waals surface area contributed by atoms with Crippen molar-refractivity contribution in [1.29, 1.82) is 0 Å². The number of hydrogen-bond acceptors (Lipinski definition) is 3. The minimum absolute atomic E-state index is 0. The molecule has 0 saturated heterocycles. The molecule has 0 aliphatic carbocycles. The van der Waals surface area contributed by atoms with Crippen LogP contribution in [-0.2, 0) is 0 Å². The number of nitrogens with one attached hydrogen (secondary N) is 4. The maximum atomic E-state index is 10.9. The first-order valence-corrected chi connectivity index (χ1v) is 3.11. The first-order valence-electron chi connectivity index (χ1n) is 3.11. The lowest BCUT2D eigenvalue weighted by Crippen LogP contribution is -2.21. The Labute approximate surface area is 68.9 Å². The van der Waals surface area contributed by atoms with E-state index in [1.807, 2.05) is 4.98 Å². The molecule has 0 spiro atoms. The molecule has 0 amide bonds. The molecule has 0 aromatic carbocycles. The van der Waals surface area contributed by atoms with Gasteiger partial charge in [0.2, 0.25) is 0 Å². The van der Waals surface area contributed by atoms with Gasteiger partial charge < -0.3 is 5.48 Å². The van der Waals surface area contributed by atoms with Crippen LogP contribution >= 0.6 is 0 Å². The molecule has 8 nitrogen and oxygen atoms in total. The zero-order chi connectivity index (χ0) is 8.72. The summed E-state index contributed by atoms with van der Waals surface area (Å²) in [4.78, 5) is 41.0. The van der Waals surface area contributed by atoms with E-state index in [0.29, 0.717) is 0 Å². The lowest BCUT2D eigenvalue weighted by Gasteiger charge is -1.83. The van der Waals surface area contributed by atoms with E-state index in [4.69, 9.17) is 0 Å². The molecule has 0 aliphatic heterocycles. The maximum Gasteiger partial charge on any atom is 0.327 e. The van der Waals surface area contributed by atoms with E-state index in [1.54, 1.807) is 0 Å². The van der Waals surface area contributed by atoms with Gasteiger partial charge in [-0.1, -0.05) is 0 Å². The average Bonchev–Trinajstić information content (AvgIpc) is 2.29. The molecule has 0 saturated carbocycles. The monoisotopic (exact) mass is 186 g/mol. The van der Waals surface area contributed by atoms with Crippen LogP contribution in [0.5, 0.6) is 0 Å². The number of hydrogen-bond donors (Lipinski definition) is 4. The van der Waals surface area contributed by atoms with Gasteiger partial charge >= 0.3 is 11.4 Å². The lowest BCUT2D eigenvalue weighted by atomic mass is 10.5. The van der Waals surface area contributed by atoms with Crippen LogP contribution in [0.1, 0.15) is 0 Å². The molecular formula is C5H6N4O4. The van der Waals surface area contributed by atoms with Crippen molar-refractivity contribution in [2.24, 2.45) is 0 Å². The van der Waals surface area contributed by atoms with E-state index >= 15 is 0 Å². The van der Waals surface area contributed by atoms with Gasteiger partial charge in [0.15, 0.2) is 0 Å². The number of aromatic amines is 4. The summed E-state index contributed by atoms with van der Waals surface area (Å²) in [7, 11) is 0. The molecule has 0 fully saturated rings. The Bertz CT molecular complexity index is 585. The largest absolute Gasteiger partial charge is 0.412 e. The third-order valence-corrected chi connectivity index (χ3v) is 1.42. The summed E-state index contributed by atoms with van der Waals surface area (Å²) in [6, 6.07) is 0. The normalized spacial score (nSPS) is 9.85. The number of fused-ring (bicyclic) bond motifs is 1. The molecule has 70 valence electrons. The Morgan fingerprint density at radius 3 is 1.92 bits per heavy atom. The molecule has 0 aliphatic rings. The van der Waals surface area contributed by atoms with Crippen molar-refractivity contribution in [3.63, 3.8) is 0 Å². The second-order valence-corrected chi connectivity index (χ2v) is 2.24. The van der Waals surface area contributed by atoms with Gasteiger partial charge in [0.05, 0.1) is 0 Å². The van der Waals surface area contributed by atoms with E-state index in [-0.39, 0.29) is 16.6 Å². The van der Waals surface area contributed by atoms with Gasteiger partial charge in [0.25, 0.3) is 5.56 Å². The summed E-state index contributed by atoms with van der Waals surface area (Å²) >= 11 is 0. The molecule has 2 aromatic rings. The number of aromatic nitrogens is 4. The van der Waals surface area contributed by atoms with Crippen LogP contribution in [0.2, 0.25) is 0 Å². The number of rotatable bonds is 0. The van der Waals surface area contributed by atoms with Crippen molar-refractivity contribution in [3.05, 3.63) is 31.3 Å². The second-order valence-electron chi connectivity index (χ2n) is 2.24. The third-order valence-electron chi connectivity index (χ3n) is 1.42. The van der Waals surface area contributed by atoms with Crippen molar-refractivity contribution in [2.75, 3.05) is 0 Å². The SMILES string of the molecule is O.O=c1[nH]c(=O)c2[nH]c(=O)[nH]c2[nH]1. The standard InChI is InChI=1S/C5H4N4O3.H2O/c10-3-1-2(7-4(11)6-1)8-5(12)9-3;/h(H4,6,7,8,9,10,11,12);1H2. The number of H-pyrrole nitrogens is 4. The second kappa shape index (κ2) is 2.75. The maximum absolute atomic E-state index is 10.9. The highest BCUT2D eigenvalue weighted by molar-refractivity contribution is 5.67. The molecule has 0 atom stereocenters. The van der Waals surface area contributed by atoms with Crippen LogP contribution in [-0.4, -0.2) is 25.4 Å². The molecule has 0 radical (unpaired) electrons. The fourth-order valence-corrected chi connectivity index (χ4v) is 0.958. The third kappa shape index (κ3) is 1.29. The first kappa shape index (κ1) is 9.00. The molecule has 2 rings (SSSR count). The van der Waals surface area contributed by atoms with Crippen LogP contribution in [0, 0.1) is 0 Å².